The lowest BCUT2D eigenvalue weighted by molar-refractivity contribution is 0.0790. The van der Waals surface area contributed by atoms with E-state index >= 15 is 0 Å². The molecular weight excluding hydrogens is 330 g/mol. The van der Waals surface area contributed by atoms with Gasteiger partial charge in [0.25, 0.3) is 5.91 Å². The molecule has 1 amide bonds. The number of ether oxygens (including phenoxy) is 1. The van der Waals surface area contributed by atoms with Crippen LogP contribution < -0.4 is 10.6 Å². The molecule has 2 aliphatic rings. The summed E-state index contributed by atoms with van der Waals surface area (Å²) in [5.41, 5.74) is 10.6. The summed E-state index contributed by atoms with van der Waals surface area (Å²) in [5.74, 6) is 0.317. The van der Waals surface area contributed by atoms with Gasteiger partial charge in [-0.25, -0.2) is 0 Å². The number of aryl methyl sites for hydroxylation is 1. The zero-order valence-corrected chi connectivity index (χ0v) is 15.1. The first-order valence-electron chi connectivity index (χ1n) is 9.15. The van der Waals surface area contributed by atoms with Gasteiger partial charge in [-0.3, -0.25) is 9.89 Å². The molecule has 2 aliphatic heterocycles. The second kappa shape index (κ2) is 6.99. The molecular formula is C19H25N5O2. The molecule has 1 unspecified atom stereocenters. The van der Waals surface area contributed by atoms with Crippen molar-refractivity contribution in [3.63, 3.8) is 0 Å². The Balaban J connectivity index is 1.46. The maximum Gasteiger partial charge on any atom is 0.253 e. The Morgan fingerprint density at radius 2 is 2.12 bits per heavy atom. The first-order valence-corrected chi connectivity index (χ1v) is 9.15. The minimum atomic E-state index is 0.0854. The van der Waals surface area contributed by atoms with Gasteiger partial charge < -0.3 is 20.3 Å². The zero-order valence-electron chi connectivity index (χ0n) is 15.1. The third-order valence-electron chi connectivity index (χ3n) is 5.38. The van der Waals surface area contributed by atoms with E-state index in [4.69, 9.17) is 10.5 Å². The van der Waals surface area contributed by atoms with Crippen LogP contribution >= 0.6 is 0 Å². The molecule has 26 heavy (non-hydrogen) atoms. The number of hydrogen-bond donors (Lipinski definition) is 2. The highest BCUT2D eigenvalue weighted by Crippen LogP contribution is 2.30. The molecule has 7 heteroatoms. The number of amides is 1. The van der Waals surface area contributed by atoms with E-state index in [0.717, 1.165) is 56.1 Å². The van der Waals surface area contributed by atoms with Crippen LogP contribution in [0.2, 0.25) is 0 Å². The van der Waals surface area contributed by atoms with E-state index in [-0.39, 0.29) is 11.8 Å². The van der Waals surface area contributed by atoms with Gasteiger partial charge >= 0.3 is 0 Å². The molecule has 0 radical (unpaired) electrons. The topological polar surface area (TPSA) is 87.5 Å². The zero-order chi connectivity index (χ0) is 18.1. The highest BCUT2D eigenvalue weighted by molar-refractivity contribution is 5.95. The van der Waals surface area contributed by atoms with Crippen LogP contribution in [0.15, 0.2) is 24.4 Å². The largest absolute Gasteiger partial charge is 0.396 e. The van der Waals surface area contributed by atoms with Crippen LogP contribution in [0.3, 0.4) is 0 Å². The number of nitrogen functional groups attached to an aromatic ring is 1. The third-order valence-corrected chi connectivity index (χ3v) is 5.38. The number of anilines is 2. The van der Waals surface area contributed by atoms with Gasteiger partial charge in [-0.15, -0.1) is 0 Å². The fourth-order valence-corrected chi connectivity index (χ4v) is 3.94. The first kappa shape index (κ1) is 16.9. The van der Waals surface area contributed by atoms with Gasteiger partial charge in [0.2, 0.25) is 0 Å². The number of likely N-dealkylation sites (tertiary alicyclic amines) is 1. The molecule has 0 spiro atoms. The second-order valence-electron chi connectivity index (χ2n) is 7.08. The van der Waals surface area contributed by atoms with Crippen LogP contribution in [0, 0.1) is 6.92 Å². The number of morpholine rings is 1. The molecule has 7 nitrogen and oxygen atoms in total. The fourth-order valence-electron chi connectivity index (χ4n) is 3.94. The average molecular weight is 355 g/mol. The molecule has 2 aromatic rings. The van der Waals surface area contributed by atoms with E-state index in [1.807, 2.05) is 17.0 Å². The molecule has 138 valence electrons. The van der Waals surface area contributed by atoms with E-state index in [0.29, 0.717) is 12.2 Å². The lowest BCUT2D eigenvalue weighted by atomic mass is 10.0. The van der Waals surface area contributed by atoms with Crippen molar-refractivity contribution in [2.75, 3.05) is 50.0 Å². The Morgan fingerprint density at radius 3 is 2.81 bits per heavy atom. The second-order valence-corrected chi connectivity index (χ2v) is 7.08. The summed E-state index contributed by atoms with van der Waals surface area (Å²) in [6, 6.07) is 6.01. The normalized spacial score (nSPS) is 20.6. The van der Waals surface area contributed by atoms with Crippen molar-refractivity contribution in [2.24, 2.45) is 0 Å². The highest BCUT2D eigenvalue weighted by Gasteiger charge is 2.30. The Kier molecular flexibility index (Phi) is 4.55. The number of carbonyl (C=O) groups excluding carboxylic acids is 1. The summed E-state index contributed by atoms with van der Waals surface area (Å²) in [6.45, 7) is 6.79. The molecule has 1 aromatic heterocycles. The molecule has 2 fully saturated rings. The Bertz CT molecular complexity index is 797. The first-order chi connectivity index (χ1) is 12.6. The lowest BCUT2D eigenvalue weighted by Crippen LogP contribution is -2.36. The highest BCUT2D eigenvalue weighted by atomic mass is 16.5. The van der Waals surface area contributed by atoms with Crippen LogP contribution in [-0.2, 0) is 4.74 Å². The Hall–Kier alpha value is -2.54. The van der Waals surface area contributed by atoms with Crippen molar-refractivity contribution in [1.82, 2.24) is 15.1 Å². The molecule has 0 bridgehead atoms. The Labute approximate surface area is 153 Å². The number of nitrogens with zero attached hydrogens (tertiary/aromatic N) is 3. The predicted octanol–water partition coefficient (Wildman–Crippen LogP) is 1.77. The molecule has 3 heterocycles. The summed E-state index contributed by atoms with van der Waals surface area (Å²) in [6.07, 6.45) is 2.54. The summed E-state index contributed by atoms with van der Waals surface area (Å²) >= 11 is 0. The number of benzene rings is 1. The number of aromatic nitrogens is 2. The van der Waals surface area contributed by atoms with Gasteiger partial charge in [0.15, 0.2) is 0 Å². The Morgan fingerprint density at radius 1 is 1.31 bits per heavy atom. The number of rotatable bonds is 3. The minimum Gasteiger partial charge on any atom is -0.396 e. The molecule has 1 aromatic carbocycles. The van der Waals surface area contributed by atoms with Crippen molar-refractivity contribution in [3.05, 3.63) is 41.2 Å². The number of H-pyrrole nitrogens is 1. The summed E-state index contributed by atoms with van der Waals surface area (Å²) in [7, 11) is 0. The maximum atomic E-state index is 12.9. The number of aromatic amines is 1. The van der Waals surface area contributed by atoms with Crippen molar-refractivity contribution < 1.29 is 9.53 Å². The molecule has 0 saturated carbocycles. The SMILES string of the molecule is Cc1cc(C(=O)N2CCC(c3[nH]ncc3N)C2)ccc1N1CCOCC1. The maximum absolute atomic E-state index is 12.9. The molecule has 4 rings (SSSR count). The lowest BCUT2D eigenvalue weighted by Gasteiger charge is -2.30. The van der Waals surface area contributed by atoms with Crippen molar-refractivity contribution in [1.29, 1.82) is 0 Å². The van der Waals surface area contributed by atoms with Gasteiger partial charge in [-0.05, 0) is 37.1 Å². The number of hydrogen-bond acceptors (Lipinski definition) is 5. The van der Waals surface area contributed by atoms with Crippen LogP contribution in [-0.4, -0.2) is 60.4 Å². The predicted molar refractivity (Wildman–Crippen MR) is 100 cm³/mol. The van der Waals surface area contributed by atoms with Gasteiger partial charge in [0, 0.05) is 43.3 Å². The molecule has 0 aliphatic carbocycles. The average Bonchev–Trinajstić information content (AvgIpc) is 3.30. The summed E-state index contributed by atoms with van der Waals surface area (Å²) in [5, 5.41) is 6.96. The summed E-state index contributed by atoms with van der Waals surface area (Å²) < 4.78 is 5.42. The number of carbonyl (C=O) groups is 1. The van der Waals surface area contributed by atoms with Gasteiger partial charge in [-0.1, -0.05) is 0 Å². The van der Waals surface area contributed by atoms with Crippen molar-refractivity contribution in [2.45, 2.75) is 19.3 Å². The number of nitrogens with one attached hydrogen (secondary N) is 1. The standard InChI is InChI=1S/C19H25N5O2/c1-13-10-14(2-3-17(13)23-6-8-26-9-7-23)19(25)24-5-4-15(12-24)18-16(20)11-21-22-18/h2-3,10-11,15H,4-9,12,20H2,1H3,(H,21,22). The number of nitrogens with two attached hydrogens (primary N) is 1. The van der Waals surface area contributed by atoms with Gasteiger partial charge in [0.05, 0.1) is 30.8 Å². The van der Waals surface area contributed by atoms with E-state index in [1.54, 1.807) is 6.20 Å². The van der Waals surface area contributed by atoms with Gasteiger partial charge in [-0.2, -0.15) is 5.10 Å². The summed E-state index contributed by atoms with van der Waals surface area (Å²) in [4.78, 5) is 17.2. The van der Waals surface area contributed by atoms with Crippen molar-refractivity contribution in [3.8, 4) is 0 Å². The van der Waals surface area contributed by atoms with Crippen LogP contribution in [0.25, 0.3) is 0 Å². The van der Waals surface area contributed by atoms with Crippen LogP contribution in [0.1, 0.15) is 34.0 Å². The van der Waals surface area contributed by atoms with Gasteiger partial charge in [0.1, 0.15) is 0 Å². The van der Waals surface area contributed by atoms with E-state index in [2.05, 4.69) is 28.1 Å². The van der Waals surface area contributed by atoms with Crippen LogP contribution in [0.4, 0.5) is 11.4 Å². The van der Waals surface area contributed by atoms with E-state index in [1.165, 1.54) is 5.69 Å². The van der Waals surface area contributed by atoms with Crippen LogP contribution in [0.5, 0.6) is 0 Å². The molecule has 1 atom stereocenters. The fraction of sp³-hybridized carbons (Fsp3) is 0.474. The molecule has 2 saturated heterocycles. The minimum absolute atomic E-state index is 0.0854. The van der Waals surface area contributed by atoms with E-state index < -0.39 is 0 Å². The van der Waals surface area contributed by atoms with Crippen molar-refractivity contribution >= 4 is 17.3 Å². The third kappa shape index (κ3) is 3.14. The monoisotopic (exact) mass is 355 g/mol. The molecule has 3 N–H and O–H groups in total. The van der Waals surface area contributed by atoms with E-state index in [9.17, 15) is 4.79 Å². The smallest absolute Gasteiger partial charge is 0.253 e. The quantitative estimate of drug-likeness (QED) is 0.876.